The second-order valence-corrected chi connectivity index (χ2v) is 12.7. The normalized spacial score (nSPS) is 14.1. The fraction of sp³-hybridized carbons (Fsp3) is 0.229. The number of nitrogens with zero attached hydrogens (tertiary/aromatic N) is 5. The largest absolute Gasteiger partial charge is 0.493 e. The van der Waals surface area contributed by atoms with Crippen molar-refractivity contribution >= 4 is 40.6 Å². The fourth-order valence-electron chi connectivity index (χ4n) is 5.50. The lowest BCUT2D eigenvalue weighted by Gasteiger charge is -2.24. The summed E-state index contributed by atoms with van der Waals surface area (Å²) < 4.78 is 26.9. The monoisotopic (exact) mass is 684 g/mol. The summed E-state index contributed by atoms with van der Waals surface area (Å²) in [6.07, 6.45) is 1.20. The smallest absolute Gasteiger partial charge is 0.253 e. The minimum atomic E-state index is -0.492. The maximum absolute atomic E-state index is 14.0. The van der Waals surface area contributed by atoms with Gasteiger partial charge in [0.05, 0.1) is 43.1 Å². The van der Waals surface area contributed by atoms with Gasteiger partial charge in [0.25, 0.3) is 11.8 Å². The Morgan fingerprint density at radius 1 is 1.00 bits per heavy atom. The van der Waals surface area contributed by atoms with E-state index in [0.29, 0.717) is 41.9 Å². The molecule has 6 rings (SSSR count). The Morgan fingerprint density at radius 2 is 1.83 bits per heavy atom. The van der Waals surface area contributed by atoms with Crippen LogP contribution in [0, 0.1) is 5.82 Å². The number of ether oxygens (including phenoxy) is 2. The zero-order valence-corrected chi connectivity index (χ0v) is 28.0. The van der Waals surface area contributed by atoms with Crippen LogP contribution in [0.3, 0.4) is 0 Å². The molecule has 2 amide bonds. The Hall–Kier alpha value is -5.01. The molecule has 3 heterocycles. The predicted octanol–water partition coefficient (Wildman–Crippen LogP) is 6.14. The molecule has 5 aromatic rings. The molecule has 1 N–H and O–H groups in total. The van der Waals surface area contributed by atoms with E-state index >= 15 is 0 Å². The van der Waals surface area contributed by atoms with Gasteiger partial charge in [0, 0.05) is 24.1 Å². The predicted molar refractivity (Wildman–Crippen MR) is 183 cm³/mol. The minimum absolute atomic E-state index is 0.0448. The van der Waals surface area contributed by atoms with E-state index in [-0.39, 0.29) is 23.8 Å². The zero-order valence-electron chi connectivity index (χ0n) is 26.3. The third-order valence-corrected chi connectivity index (χ3v) is 9.71. The summed E-state index contributed by atoms with van der Waals surface area (Å²) in [6.45, 7) is 0.594. The average Bonchev–Trinajstić information content (AvgIpc) is 3.89. The Bertz CT molecular complexity index is 1920. The van der Waals surface area contributed by atoms with E-state index in [2.05, 4.69) is 15.5 Å². The number of benzene rings is 3. The van der Waals surface area contributed by atoms with Crippen molar-refractivity contribution in [1.82, 2.24) is 25.1 Å². The fourth-order valence-corrected chi connectivity index (χ4v) is 7.06. The first kappa shape index (κ1) is 32.9. The lowest BCUT2D eigenvalue weighted by atomic mass is 9.99. The van der Waals surface area contributed by atoms with Crippen molar-refractivity contribution in [2.24, 2.45) is 5.10 Å². The third kappa shape index (κ3) is 7.42. The summed E-state index contributed by atoms with van der Waals surface area (Å²) in [5, 5.41) is 20.4. The van der Waals surface area contributed by atoms with Gasteiger partial charge in [0.1, 0.15) is 5.82 Å². The molecule has 0 radical (unpaired) electrons. The van der Waals surface area contributed by atoms with Crippen molar-refractivity contribution in [3.63, 3.8) is 0 Å². The van der Waals surface area contributed by atoms with E-state index in [1.54, 1.807) is 31.6 Å². The van der Waals surface area contributed by atoms with Gasteiger partial charge in [0.15, 0.2) is 22.5 Å². The molecular weight excluding hydrogens is 652 g/mol. The number of amides is 2. The summed E-state index contributed by atoms with van der Waals surface area (Å²) in [6, 6.07) is 24.7. The number of hydrogen-bond donors (Lipinski definition) is 1. The van der Waals surface area contributed by atoms with Gasteiger partial charge in [-0.15, -0.1) is 21.5 Å². The Balaban J connectivity index is 1.23. The summed E-state index contributed by atoms with van der Waals surface area (Å²) >= 11 is 2.83. The molecule has 3 aromatic carbocycles. The van der Waals surface area contributed by atoms with Gasteiger partial charge in [-0.05, 0) is 47.7 Å². The van der Waals surface area contributed by atoms with Gasteiger partial charge >= 0.3 is 0 Å². The molecule has 0 saturated heterocycles. The lowest BCUT2D eigenvalue weighted by molar-refractivity contribution is -0.130. The highest BCUT2D eigenvalue weighted by atomic mass is 32.2. The number of halogens is 1. The first-order valence-electron chi connectivity index (χ1n) is 15.2. The van der Waals surface area contributed by atoms with Crippen LogP contribution in [0.2, 0.25) is 0 Å². The first-order valence-corrected chi connectivity index (χ1v) is 17.1. The number of rotatable bonds is 13. The Kier molecular flexibility index (Phi) is 10.5. The van der Waals surface area contributed by atoms with Crippen LogP contribution < -0.4 is 14.8 Å². The molecule has 0 spiro atoms. The third-order valence-electron chi connectivity index (χ3n) is 7.84. The van der Waals surface area contributed by atoms with E-state index in [4.69, 9.17) is 14.6 Å². The second-order valence-electron chi connectivity index (χ2n) is 10.8. The van der Waals surface area contributed by atoms with Gasteiger partial charge in [-0.2, -0.15) is 5.10 Å². The van der Waals surface area contributed by atoms with Crippen molar-refractivity contribution < 1.29 is 23.5 Å². The van der Waals surface area contributed by atoms with Gasteiger partial charge < -0.3 is 19.4 Å². The topological polar surface area (TPSA) is 111 Å². The molecule has 48 heavy (non-hydrogen) atoms. The number of thiophene rings is 1. The number of aryl methyl sites for hydroxylation is 1. The summed E-state index contributed by atoms with van der Waals surface area (Å²) in [5.41, 5.74) is 2.95. The van der Waals surface area contributed by atoms with Crippen molar-refractivity contribution in [3.05, 3.63) is 124 Å². The van der Waals surface area contributed by atoms with E-state index < -0.39 is 17.8 Å². The Labute approximate surface area is 285 Å². The standard InChI is InChI=1S/C35H33FN6O4S2/c1-45-29-14-7-13-26(33(29)46-2)28-20-27(30-15-8-18-47-30)40-42(28)32(43)22-48-35-39-38-31(41(35)17-16-23-9-4-3-5-10-23)21-37-34(44)24-11-6-12-25(36)19-24/h3-15,18-19,28H,16-17,20-22H2,1-2H3,(H,37,44). The number of hydrazone groups is 1. The van der Waals surface area contributed by atoms with Gasteiger partial charge in [-0.25, -0.2) is 9.40 Å². The number of carbonyl (C=O) groups is 2. The van der Waals surface area contributed by atoms with Crippen molar-refractivity contribution in [3.8, 4) is 11.5 Å². The highest BCUT2D eigenvalue weighted by Gasteiger charge is 2.36. The molecule has 1 aliphatic heterocycles. The van der Waals surface area contributed by atoms with E-state index in [1.165, 1.54) is 35.0 Å². The van der Waals surface area contributed by atoms with Crippen LogP contribution >= 0.6 is 23.1 Å². The van der Waals surface area contributed by atoms with E-state index in [9.17, 15) is 14.0 Å². The summed E-state index contributed by atoms with van der Waals surface area (Å²) in [5.74, 6) is 0.568. The number of para-hydroxylation sites is 1. The maximum atomic E-state index is 14.0. The number of aromatic nitrogens is 3. The van der Waals surface area contributed by atoms with Crippen molar-refractivity contribution in [2.45, 2.75) is 37.1 Å². The van der Waals surface area contributed by atoms with E-state index in [1.807, 2.05) is 70.6 Å². The van der Waals surface area contributed by atoms with Crippen LogP contribution in [-0.4, -0.2) is 57.3 Å². The molecule has 1 unspecified atom stereocenters. The molecule has 10 nitrogen and oxygen atoms in total. The van der Waals surface area contributed by atoms with E-state index in [0.717, 1.165) is 21.7 Å². The number of methoxy groups -OCH3 is 2. The average molecular weight is 685 g/mol. The molecule has 1 atom stereocenters. The van der Waals surface area contributed by atoms with Crippen LogP contribution in [0.15, 0.2) is 101 Å². The van der Waals surface area contributed by atoms with Crippen molar-refractivity contribution in [1.29, 1.82) is 0 Å². The number of hydrogen-bond acceptors (Lipinski definition) is 9. The molecule has 0 fully saturated rings. The van der Waals surface area contributed by atoms with Crippen LogP contribution in [0.1, 0.15) is 44.6 Å². The molecule has 1 aliphatic rings. The Morgan fingerprint density at radius 3 is 2.58 bits per heavy atom. The molecule has 13 heteroatoms. The zero-order chi connectivity index (χ0) is 33.5. The SMILES string of the molecule is COc1cccc(C2CC(c3cccs3)=NN2C(=O)CSc2nnc(CNC(=O)c3cccc(F)c3)n2CCc2ccccc2)c1OC. The molecule has 0 saturated carbocycles. The molecule has 0 aliphatic carbocycles. The molecule has 246 valence electrons. The minimum Gasteiger partial charge on any atom is -0.493 e. The van der Waals surface area contributed by atoms with Crippen LogP contribution in [0.5, 0.6) is 11.5 Å². The highest BCUT2D eigenvalue weighted by Crippen LogP contribution is 2.42. The number of nitrogens with one attached hydrogen (secondary N) is 1. The number of thioether (sulfide) groups is 1. The van der Waals surface area contributed by atoms with Crippen molar-refractivity contribution in [2.75, 3.05) is 20.0 Å². The molecule has 0 bridgehead atoms. The van der Waals surface area contributed by atoms with Gasteiger partial charge in [-0.1, -0.05) is 66.4 Å². The highest BCUT2D eigenvalue weighted by molar-refractivity contribution is 7.99. The lowest BCUT2D eigenvalue weighted by Crippen LogP contribution is -2.29. The number of carbonyl (C=O) groups excluding carboxylic acids is 2. The van der Waals surface area contributed by atoms with Gasteiger partial charge in [0.2, 0.25) is 0 Å². The summed E-state index contributed by atoms with van der Waals surface area (Å²) in [4.78, 5) is 27.7. The van der Waals surface area contributed by atoms with Crippen LogP contribution in [0.25, 0.3) is 0 Å². The second kappa shape index (κ2) is 15.3. The molecular formula is C35H33FN6O4S2. The molecule has 2 aromatic heterocycles. The van der Waals surface area contributed by atoms with Crippen LogP contribution in [0.4, 0.5) is 4.39 Å². The summed E-state index contributed by atoms with van der Waals surface area (Å²) in [7, 11) is 3.16. The maximum Gasteiger partial charge on any atom is 0.253 e. The first-order chi connectivity index (χ1) is 23.4. The quantitative estimate of drug-likeness (QED) is 0.148. The van der Waals surface area contributed by atoms with Crippen LogP contribution in [-0.2, 0) is 24.3 Å². The van der Waals surface area contributed by atoms with Gasteiger partial charge in [-0.3, -0.25) is 9.59 Å².